The van der Waals surface area contributed by atoms with Crippen LogP contribution < -0.4 is 5.32 Å². The molecule has 166 valence electrons. The summed E-state index contributed by atoms with van der Waals surface area (Å²) in [6.45, 7) is 12.0. The topological polar surface area (TPSA) is 75.8 Å². The number of aromatic nitrogens is 2. The van der Waals surface area contributed by atoms with Gasteiger partial charge in [0, 0.05) is 26.2 Å². The fraction of sp³-hybridized carbons (Fsp3) is 0.591. The van der Waals surface area contributed by atoms with Crippen LogP contribution in [0.4, 0.5) is 0 Å². The van der Waals surface area contributed by atoms with Gasteiger partial charge in [-0.05, 0) is 44.6 Å². The van der Waals surface area contributed by atoms with Crippen molar-refractivity contribution in [2.24, 2.45) is 10.9 Å². The number of benzene rings is 1. The van der Waals surface area contributed by atoms with Crippen LogP contribution >= 0.6 is 24.0 Å². The third kappa shape index (κ3) is 6.41. The van der Waals surface area contributed by atoms with Crippen molar-refractivity contribution in [3.8, 4) is 0 Å². The van der Waals surface area contributed by atoms with E-state index in [0.717, 1.165) is 32.0 Å². The molecule has 3 unspecified atom stereocenters. The summed E-state index contributed by atoms with van der Waals surface area (Å²) < 4.78 is 10.9. The van der Waals surface area contributed by atoms with Crippen LogP contribution in [0.5, 0.6) is 0 Å². The van der Waals surface area contributed by atoms with Gasteiger partial charge in [0.25, 0.3) is 0 Å². The molecular weight excluding hydrogens is 493 g/mol. The number of guanidine groups is 1. The van der Waals surface area contributed by atoms with Crippen LogP contribution in [0.15, 0.2) is 39.8 Å². The highest BCUT2D eigenvalue weighted by Crippen LogP contribution is 2.32. The summed E-state index contributed by atoms with van der Waals surface area (Å²) in [5.41, 5.74) is 1.43. The van der Waals surface area contributed by atoms with Gasteiger partial charge in [-0.25, -0.2) is 4.99 Å². The van der Waals surface area contributed by atoms with Gasteiger partial charge in [0.05, 0.1) is 0 Å². The Hall–Kier alpha value is -1.68. The van der Waals surface area contributed by atoms with Crippen LogP contribution in [-0.2, 0) is 11.3 Å². The predicted molar refractivity (Wildman–Crippen MR) is 129 cm³/mol. The van der Waals surface area contributed by atoms with Crippen LogP contribution in [0.1, 0.15) is 63.4 Å². The molecule has 3 rings (SSSR count). The zero-order valence-electron chi connectivity index (χ0n) is 18.4. The molecule has 1 aliphatic rings. The number of halogens is 1. The second-order valence-corrected chi connectivity index (χ2v) is 7.54. The average Bonchev–Trinajstić information content (AvgIpc) is 3.21. The fourth-order valence-corrected chi connectivity index (χ4v) is 3.92. The maximum absolute atomic E-state index is 5.52. The van der Waals surface area contributed by atoms with Crippen molar-refractivity contribution in [2.75, 3.05) is 26.2 Å². The van der Waals surface area contributed by atoms with E-state index >= 15 is 0 Å². The molecule has 0 radical (unpaired) electrons. The monoisotopic (exact) mass is 527 g/mol. The number of nitrogens with one attached hydrogen (secondary N) is 1. The Bertz CT molecular complexity index is 783. The van der Waals surface area contributed by atoms with Crippen molar-refractivity contribution < 1.29 is 9.26 Å². The molecule has 1 fully saturated rings. The molecule has 0 aliphatic carbocycles. The Morgan fingerprint density at radius 2 is 2.10 bits per heavy atom. The van der Waals surface area contributed by atoms with Crippen molar-refractivity contribution in [1.29, 1.82) is 0 Å². The molecule has 1 saturated heterocycles. The summed E-state index contributed by atoms with van der Waals surface area (Å²) >= 11 is 0. The molecule has 1 aromatic heterocycles. The van der Waals surface area contributed by atoms with E-state index in [9.17, 15) is 0 Å². The Balaban J connectivity index is 0.00000320. The van der Waals surface area contributed by atoms with Gasteiger partial charge >= 0.3 is 0 Å². The first kappa shape index (κ1) is 24.6. The molecule has 8 heteroatoms. The second kappa shape index (κ2) is 12.2. The first-order chi connectivity index (χ1) is 14.1. The number of ether oxygens (including phenoxy) is 1. The van der Waals surface area contributed by atoms with Crippen LogP contribution in [0.2, 0.25) is 0 Å². The van der Waals surface area contributed by atoms with Gasteiger partial charge < -0.3 is 19.5 Å². The molecule has 3 atom stereocenters. The highest BCUT2D eigenvalue weighted by molar-refractivity contribution is 14.0. The first-order valence-corrected chi connectivity index (χ1v) is 10.6. The van der Waals surface area contributed by atoms with Crippen LogP contribution in [-0.4, -0.2) is 47.2 Å². The minimum Gasteiger partial charge on any atom is -0.371 e. The van der Waals surface area contributed by atoms with E-state index in [2.05, 4.69) is 64.5 Å². The molecule has 1 aliphatic heterocycles. The molecule has 0 spiro atoms. The number of nitrogens with zero attached hydrogens (tertiary/aromatic N) is 4. The summed E-state index contributed by atoms with van der Waals surface area (Å²) in [6.07, 6.45) is 0.944. The van der Waals surface area contributed by atoms with E-state index in [0.29, 0.717) is 36.7 Å². The van der Waals surface area contributed by atoms with Crippen LogP contribution in [0, 0.1) is 5.92 Å². The average molecular weight is 527 g/mol. The maximum Gasteiger partial charge on any atom is 0.248 e. The number of hydrogen-bond donors (Lipinski definition) is 1. The summed E-state index contributed by atoms with van der Waals surface area (Å²) in [5.74, 6) is 3.13. The van der Waals surface area contributed by atoms with E-state index in [-0.39, 0.29) is 30.1 Å². The molecular formula is C22H34IN5O2. The van der Waals surface area contributed by atoms with E-state index < -0.39 is 0 Å². The zero-order chi connectivity index (χ0) is 20.6. The summed E-state index contributed by atoms with van der Waals surface area (Å²) in [5, 5.41) is 7.42. The first-order valence-electron chi connectivity index (χ1n) is 10.6. The predicted octanol–water partition coefficient (Wildman–Crippen LogP) is 4.38. The van der Waals surface area contributed by atoms with Crippen molar-refractivity contribution in [2.45, 2.75) is 52.7 Å². The lowest BCUT2D eigenvalue weighted by atomic mass is 9.82. The minimum absolute atomic E-state index is 0. The SMILES string of the molecule is CCNC(=NCc1nc(C(C)OCC)no1)N1CCC(c2ccccc2)C(C)C1.I. The van der Waals surface area contributed by atoms with E-state index in [1.165, 1.54) is 5.56 Å². The number of rotatable bonds is 7. The molecule has 0 amide bonds. The summed E-state index contributed by atoms with van der Waals surface area (Å²) in [6, 6.07) is 10.8. The molecule has 2 heterocycles. The standard InChI is InChI=1S/C22H33N5O2.HI/c1-5-23-22(24-14-20-25-21(26-29-20)17(4)28-6-2)27-13-12-19(16(3)15-27)18-10-8-7-9-11-18;/h7-11,16-17,19H,5-6,12-15H2,1-4H3,(H,23,24);1H. The zero-order valence-corrected chi connectivity index (χ0v) is 20.7. The Kier molecular flexibility index (Phi) is 10.0. The largest absolute Gasteiger partial charge is 0.371 e. The molecule has 0 bridgehead atoms. The van der Waals surface area contributed by atoms with Gasteiger partial charge in [-0.2, -0.15) is 4.98 Å². The highest BCUT2D eigenvalue weighted by Gasteiger charge is 2.28. The second-order valence-electron chi connectivity index (χ2n) is 7.54. The molecule has 0 saturated carbocycles. The van der Waals surface area contributed by atoms with Gasteiger partial charge in [-0.15, -0.1) is 24.0 Å². The number of hydrogen-bond acceptors (Lipinski definition) is 5. The van der Waals surface area contributed by atoms with Crippen LogP contribution in [0.25, 0.3) is 0 Å². The van der Waals surface area contributed by atoms with Gasteiger partial charge in [-0.1, -0.05) is 42.4 Å². The van der Waals surface area contributed by atoms with E-state index in [1.807, 2.05) is 13.8 Å². The number of aliphatic imine (C=N–C) groups is 1. The third-order valence-corrected chi connectivity index (χ3v) is 5.40. The smallest absolute Gasteiger partial charge is 0.248 e. The van der Waals surface area contributed by atoms with Gasteiger partial charge in [0.1, 0.15) is 12.6 Å². The van der Waals surface area contributed by atoms with Gasteiger partial charge in [-0.3, -0.25) is 0 Å². The van der Waals surface area contributed by atoms with Crippen molar-refractivity contribution in [1.82, 2.24) is 20.4 Å². The molecule has 30 heavy (non-hydrogen) atoms. The Morgan fingerprint density at radius 3 is 2.77 bits per heavy atom. The van der Waals surface area contributed by atoms with Gasteiger partial charge in [0.2, 0.25) is 5.89 Å². The number of piperidine rings is 1. The van der Waals surface area contributed by atoms with Crippen molar-refractivity contribution in [3.05, 3.63) is 47.6 Å². The molecule has 2 aromatic rings. The van der Waals surface area contributed by atoms with E-state index in [4.69, 9.17) is 14.3 Å². The van der Waals surface area contributed by atoms with Crippen molar-refractivity contribution >= 4 is 29.9 Å². The normalized spacial score (nSPS) is 20.5. The lowest BCUT2D eigenvalue weighted by molar-refractivity contribution is 0.0683. The third-order valence-electron chi connectivity index (χ3n) is 5.40. The van der Waals surface area contributed by atoms with Gasteiger partial charge in [0.15, 0.2) is 11.8 Å². The highest BCUT2D eigenvalue weighted by atomic mass is 127. The maximum atomic E-state index is 5.52. The minimum atomic E-state index is -0.174. The molecule has 7 nitrogen and oxygen atoms in total. The molecule has 1 N–H and O–H groups in total. The summed E-state index contributed by atoms with van der Waals surface area (Å²) in [7, 11) is 0. The number of likely N-dealkylation sites (tertiary alicyclic amines) is 1. The van der Waals surface area contributed by atoms with E-state index in [1.54, 1.807) is 0 Å². The fourth-order valence-electron chi connectivity index (χ4n) is 3.92. The Labute approximate surface area is 196 Å². The molecule has 1 aromatic carbocycles. The summed E-state index contributed by atoms with van der Waals surface area (Å²) in [4.78, 5) is 11.5. The Morgan fingerprint density at radius 1 is 1.33 bits per heavy atom. The quantitative estimate of drug-likeness (QED) is 0.328. The van der Waals surface area contributed by atoms with Crippen LogP contribution in [0.3, 0.4) is 0 Å². The van der Waals surface area contributed by atoms with Crippen molar-refractivity contribution in [3.63, 3.8) is 0 Å². The lowest BCUT2D eigenvalue weighted by Crippen LogP contribution is -2.48. The lowest BCUT2D eigenvalue weighted by Gasteiger charge is -2.38.